The topological polar surface area (TPSA) is 63.7 Å². The van der Waals surface area contributed by atoms with Crippen molar-refractivity contribution < 1.29 is 14.3 Å². The highest BCUT2D eigenvalue weighted by molar-refractivity contribution is 7.22. The van der Waals surface area contributed by atoms with Crippen LogP contribution in [0.25, 0.3) is 10.2 Å². The zero-order valence-electron chi connectivity index (χ0n) is 17.0. The molecule has 1 aromatic heterocycles. The Balaban J connectivity index is 1.24. The van der Waals surface area contributed by atoms with Crippen molar-refractivity contribution in [1.29, 1.82) is 0 Å². The molecule has 3 aromatic rings. The second kappa shape index (κ2) is 8.24. The van der Waals surface area contributed by atoms with Crippen molar-refractivity contribution in [3.05, 3.63) is 48.0 Å². The number of aromatic nitrogens is 1. The molecule has 0 radical (unpaired) electrons. The molecule has 156 valence electrons. The molecule has 3 heterocycles. The second-order valence-corrected chi connectivity index (χ2v) is 9.16. The first-order chi connectivity index (χ1) is 14.6. The molecule has 1 unspecified atom stereocenters. The van der Waals surface area contributed by atoms with E-state index in [0.29, 0.717) is 16.6 Å². The molecule has 2 aromatic carbocycles. The fourth-order valence-corrected chi connectivity index (χ4v) is 4.87. The number of ether oxygens (including phenoxy) is 2. The van der Waals surface area contributed by atoms with Gasteiger partial charge in [-0.1, -0.05) is 36.5 Å². The van der Waals surface area contributed by atoms with E-state index in [4.69, 9.17) is 9.47 Å². The third-order valence-corrected chi connectivity index (χ3v) is 6.70. The number of rotatable bonds is 4. The third-order valence-electron chi connectivity index (χ3n) is 5.77. The molecule has 1 N–H and O–H groups in total. The van der Waals surface area contributed by atoms with Gasteiger partial charge in [-0.25, -0.2) is 4.98 Å². The number of carbonyl (C=O) groups is 1. The zero-order chi connectivity index (χ0) is 20.5. The van der Waals surface area contributed by atoms with Crippen LogP contribution in [0.3, 0.4) is 0 Å². The van der Waals surface area contributed by atoms with Crippen molar-refractivity contribution in [2.24, 2.45) is 5.92 Å². The van der Waals surface area contributed by atoms with Crippen LogP contribution in [0.2, 0.25) is 0 Å². The maximum atomic E-state index is 12.7. The standard InChI is InChI=1S/C23H25N3O3S/c1-15-8-10-26(11-9-15)13-16-6-7-17-21(12-16)30-23(24-17)25-22(27)20-14-28-18-4-2-3-5-19(18)29-20/h2-7,12,15,20H,8-11,13-14H2,1H3,(H,24,25,27). The smallest absolute Gasteiger partial charge is 0.270 e. The number of anilines is 1. The lowest BCUT2D eigenvalue weighted by Crippen LogP contribution is -2.40. The fourth-order valence-electron chi connectivity index (χ4n) is 3.93. The Kier molecular flexibility index (Phi) is 5.31. The molecule has 7 heteroatoms. The first-order valence-electron chi connectivity index (χ1n) is 10.5. The van der Waals surface area contributed by atoms with Crippen LogP contribution in [-0.4, -0.2) is 41.6 Å². The maximum Gasteiger partial charge on any atom is 0.270 e. The number of hydrogen-bond acceptors (Lipinski definition) is 6. The van der Waals surface area contributed by atoms with Crippen LogP contribution in [0.4, 0.5) is 5.13 Å². The number of piperidine rings is 1. The van der Waals surface area contributed by atoms with E-state index >= 15 is 0 Å². The van der Waals surface area contributed by atoms with Crippen LogP contribution in [0.5, 0.6) is 11.5 Å². The highest BCUT2D eigenvalue weighted by atomic mass is 32.1. The van der Waals surface area contributed by atoms with Gasteiger partial charge in [0.25, 0.3) is 5.91 Å². The summed E-state index contributed by atoms with van der Waals surface area (Å²) in [5.74, 6) is 1.84. The van der Waals surface area contributed by atoms with E-state index in [1.165, 1.54) is 29.7 Å². The number of likely N-dealkylation sites (tertiary alicyclic amines) is 1. The van der Waals surface area contributed by atoms with Gasteiger partial charge in [0.2, 0.25) is 6.10 Å². The lowest BCUT2D eigenvalue weighted by atomic mass is 9.99. The third kappa shape index (κ3) is 4.13. The van der Waals surface area contributed by atoms with Gasteiger partial charge in [0, 0.05) is 6.54 Å². The summed E-state index contributed by atoms with van der Waals surface area (Å²) in [6.45, 7) is 5.81. The number of hydrogen-bond donors (Lipinski definition) is 1. The number of carbonyl (C=O) groups excluding carboxylic acids is 1. The van der Waals surface area contributed by atoms with Crippen LogP contribution in [0.15, 0.2) is 42.5 Å². The molecular weight excluding hydrogens is 398 g/mol. The molecule has 0 bridgehead atoms. The van der Waals surface area contributed by atoms with Crippen molar-refractivity contribution >= 4 is 32.6 Å². The monoisotopic (exact) mass is 423 g/mol. The molecule has 0 spiro atoms. The zero-order valence-corrected chi connectivity index (χ0v) is 17.8. The van der Waals surface area contributed by atoms with Crippen molar-refractivity contribution in [2.75, 3.05) is 25.0 Å². The number of nitrogens with zero attached hydrogens (tertiary/aromatic N) is 2. The van der Waals surface area contributed by atoms with E-state index in [2.05, 4.69) is 34.3 Å². The van der Waals surface area contributed by atoms with E-state index in [9.17, 15) is 4.79 Å². The molecule has 2 aliphatic heterocycles. The van der Waals surface area contributed by atoms with Gasteiger partial charge in [0.1, 0.15) is 6.61 Å². The van der Waals surface area contributed by atoms with E-state index < -0.39 is 6.10 Å². The summed E-state index contributed by atoms with van der Waals surface area (Å²) < 4.78 is 12.5. The molecular formula is C23H25N3O3S. The Morgan fingerprint density at radius 3 is 2.83 bits per heavy atom. The summed E-state index contributed by atoms with van der Waals surface area (Å²) >= 11 is 1.49. The summed E-state index contributed by atoms with van der Waals surface area (Å²) in [4.78, 5) is 19.7. The van der Waals surface area contributed by atoms with Gasteiger partial charge in [-0.2, -0.15) is 0 Å². The summed E-state index contributed by atoms with van der Waals surface area (Å²) in [6, 6.07) is 13.7. The maximum absolute atomic E-state index is 12.7. The lowest BCUT2D eigenvalue weighted by Gasteiger charge is -2.30. The van der Waals surface area contributed by atoms with Crippen molar-refractivity contribution in [3.63, 3.8) is 0 Å². The molecule has 1 saturated heterocycles. The molecule has 6 nitrogen and oxygen atoms in total. The van der Waals surface area contributed by atoms with E-state index in [-0.39, 0.29) is 12.5 Å². The van der Waals surface area contributed by atoms with Gasteiger partial charge in [-0.3, -0.25) is 15.0 Å². The number of thiazole rings is 1. The van der Waals surface area contributed by atoms with Gasteiger partial charge in [-0.15, -0.1) is 0 Å². The minimum Gasteiger partial charge on any atom is -0.485 e. The van der Waals surface area contributed by atoms with E-state index in [0.717, 1.165) is 35.8 Å². The number of amides is 1. The number of fused-ring (bicyclic) bond motifs is 2. The van der Waals surface area contributed by atoms with Crippen molar-refractivity contribution in [1.82, 2.24) is 9.88 Å². The van der Waals surface area contributed by atoms with Crippen LogP contribution in [0.1, 0.15) is 25.3 Å². The van der Waals surface area contributed by atoms with Crippen molar-refractivity contribution in [2.45, 2.75) is 32.4 Å². The van der Waals surface area contributed by atoms with Crippen LogP contribution >= 0.6 is 11.3 Å². The molecule has 0 aliphatic carbocycles. The average Bonchev–Trinajstić information content (AvgIpc) is 3.16. The lowest BCUT2D eigenvalue weighted by molar-refractivity contribution is -0.125. The molecule has 1 amide bonds. The minimum absolute atomic E-state index is 0.187. The molecule has 1 fully saturated rings. The molecule has 2 aliphatic rings. The van der Waals surface area contributed by atoms with E-state index in [1.807, 2.05) is 24.3 Å². The molecule has 1 atom stereocenters. The SMILES string of the molecule is CC1CCN(Cc2ccc3nc(NC(=O)C4COc5ccccc5O4)sc3c2)CC1. The Morgan fingerprint density at radius 1 is 1.20 bits per heavy atom. The Bertz CT molecular complexity index is 1060. The Morgan fingerprint density at radius 2 is 2.00 bits per heavy atom. The highest BCUT2D eigenvalue weighted by Crippen LogP contribution is 2.32. The number of para-hydroxylation sites is 2. The Hall–Kier alpha value is -2.64. The summed E-state index contributed by atoms with van der Waals surface area (Å²) in [6.07, 6.45) is 1.86. The predicted octanol–water partition coefficient (Wildman–Crippen LogP) is 4.31. The Labute approximate surface area is 179 Å². The fraction of sp³-hybridized carbons (Fsp3) is 0.391. The van der Waals surface area contributed by atoms with Gasteiger partial charge in [0.15, 0.2) is 16.6 Å². The minimum atomic E-state index is -0.691. The van der Waals surface area contributed by atoms with Gasteiger partial charge < -0.3 is 9.47 Å². The second-order valence-electron chi connectivity index (χ2n) is 8.13. The average molecular weight is 424 g/mol. The number of nitrogens with one attached hydrogen (secondary N) is 1. The first-order valence-corrected chi connectivity index (χ1v) is 11.3. The van der Waals surface area contributed by atoms with Crippen LogP contribution in [0, 0.1) is 5.92 Å². The molecule has 0 saturated carbocycles. The van der Waals surface area contributed by atoms with Gasteiger partial charge >= 0.3 is 0 Å². The van der Waals surface area contributed by atoms with Crippen molar-refractivity contribution in [3.8, 4) is 11.5 Å². The highest BCUT2D eigenvalue weighted by Gasteiger charge is 2.28. The van der Waals surface area contributed by atoms with E-state index in [1.54, 1.807) is 6.07 Å². The molecule has 5 rings (SSSR count). The first kappa shape index (κ1) is 19.3. The molecule has 30 heavy (non-hydrogen) atoms. The summed E-state index contributed by atoms with van der Waals surface area (Å²) in [5.41, 5.74) is 2.19. The number of benzene rings is 2. The van der Waals surface area contributed by atoms with Crippen LogP contribution < -0.4 is 14.8 Å². The summed E-state index contributed by atoms with van der Waals surface area (Å²) in [5, 5.41) is 3.48. The predicted molar refractivity (Wildman–Crippen MR) is 118 cm³/mol. The summed E-state index contributed by atoms with van der Waals surface area (Å²) in [7, 11) is 0. The normalized spacial score (nSPS) is 19.7. The van der Waals surface area contributed by atoms with Gasteiger partial charge in [0.05, 0.1) is 10.2 Å². The largest absolute Gasteiger partial charge is 0.485 e. The van der Waals surface area contributed by atoms with Crippen LogP contribution in [-0.2, 0) is 11.3 Å². The van der Waals surface area contributed by atoms with Gasteiger partial charge in [-0.05, 0) is 61.7 Å². The quantitative estimate of drug-likeness (QED) is 0.678.